The normalized spacial score (nSPS) is 14.3. The molecule has 0 amide bonds. The average molecular weight is 866 g/mol. The third-order valence-electron chi connectivity index (χ3n) is 10.0. The van der Waals surface area contributed by atoms with Crippen LogP contribution in [-0.4, -0.2) is 60.5 Å². The second-order valence-corrected chi connectivity index (χ2v) is 17.3. The minimum Gasteiger partial charge on any atom is -0.480 e. The van der Waals surface area contributed by atoms with E-state index in [1.165, 1.54) is 89.9 Å². The summed E-state index contributed by atoms with van der Waals surface area (Å²) in [6.07, 6.45) is 54.2. The Morgan fingerprint density at radius 1 is 0.533 bits per heavy atom. The number of carboxylic acid groups (broad SMARTS) is 1. The number of ether oxygens (including phenoxy) is 2. The van der Waals surface area contributed by atoms with Crippen molar-refractivity contribution in [1.29, 1.82) is 0 Å². The van der Waals surface area contributed by atoms with Crippen molar-refractivity contribution in [2.75, 3.05) is 26.4 Å². The molecular weight excluding hydrogens is 778 g/mol. The molecule has 0 radical (unpaired) electrons. The Hall–Kier alpha value is -2.33. The van der Waals surface area contributed by atoms with Gasteiger partial charge in [-0.2, -0.15) is 0 Å². The van der Waals surface area contributed by atoms with Crippen LogP contribution < -0.4 is 5.73 Å². The van der Waals surface area contributed by atoms with Crippen molar-refractivity contribution in [3.63, 3.8) is 0 Å². The third-order valence-corrected chi connectivity index (χ3v) is 11.0. The summed E-state index contributed by atoms with van der Waals surface area (Å²) in [5.74, 6) is -1.80. The van der Waals surface area contributed by atoms with Crippen LogP contribution in [0.3, 0.4) is 0 Å². The van der Waals surface area contributed by atoms with Gasteiger partial charge in [0, 0.05) is 13.0 Å². The first-order valence-electron chi connectivity index (χ1n) is 23.8. The number of rotatable bonds is 45. The van der Waals surface area contributed by atoms with Crippen LogP contribution in [0, 0.1) is 0 Å². The zero-order chi connectivity index (χ0) is 44.0. The molecule has 0 bridgehead atoms. The molecule has 348 valence electrons. The number of allylic oxidation sites excluding steroid dienone is 10. The van der Waals surface area contributed by atoms with Gasteiger partial charge in [0.1, 0.15) is 12.1 Å². The van der Waals surface area contributed by atoms with E-state index in [-0.39, 0.29) is 13.0 Å². The predicted octanol–water partition coefficient (Wildman–Crippen LogP) is 13.6. The Kier molecular flexibility index (Phi) is 43.0. The van der Waals surface area contributed by atoms with Crippen LogP contribution in [0.5, 0.6) is 0 Å². The molecule has 0 heterocycles. The maximum absolute atomic E-state index is 12.6. The zero-order valence-corrected chi connectivity index (χ0v) is 38.9. The largest absolute Gasteiger partial charge is 0.480 e. The van der Waals surface area contributed by atoms with E-state index in [0.717, 1.165) is 83.5 Å². The molecule has 10 nitrogen and oxygen atoms in total. The van der Waals surface area contributed by atoms with Crippen molar-refractivity contribution in [3.8, 4) is 0 Å². The maximum atomic E-state index is 12.6. The number of hydrogen-bond donors (Lipinski definition) is 3. The average Bonchev–Trinajstić information content (AvgIpc) is 3.23. The molecular formula is C49H88NO9P. The first-order valence-corrected chi connectivity index (χ1v) is 25.3. The highest BCUT2D eigenvalue weighted by Crippen LogP contribution is 2.43. The van der Waals surface area contributed by atoms with Crippen LogP contribution in [-0.2, 0) is 32.7 Å². The number of aliphatic carboxylic acids is 1. The molecule has 0 saturated carbocycles. The van der Waals surface area contributed by atoms with E-state index in [2.05, 4.69) is 74.6 Å². The van der Waals surface area contributed by atoms with Crippen molar-refractivity contribution in [2.24, 2.45) is 5.73 Å². The van der Waals surface area contributed by atoms with Gasteiger partial charge in [0.05, 0.1) is 19.8 Å². The lowest BCUT2D eigenvalue weighted by molar-refractivity contribution is -0.154. The number of phosphoric ester groups is 1. The van der Waals surface area contributed by atoms with E-state index < -0.39 is 45.1 Å². The standard InChI is InChI=1S/C49H88NO9P/c1-3-5-7-9-11-13-15-17-19-20-21-22-23-24-25-26-27-28-30-32-34-36-38-40-42-56-43-46(44-57-60(54,55)58-45-47(50)49(52)53)59-48(51)41-39-37-35-33-31-29-18-16-14-12-10-8-6-4-2/h10,12,15-18,20-21,23-24,46-47H,3-9,11,13-14,19,22,25-45,50H2,1-2H3,(H,52,53)(H,54,55)/b12-10-,17-15-,18-16-,21-20-,24-23-. The van der Waals surface area contributed by atoms with E-state index in [4.69, 9.17) is 29.4 Å². The molecule has 0 saturated heterocycles. The van der Waals surface area contributed by atoms with E-state index >= 15 is 0 Å². The molecule has 0 aromatic carbocycles. The second-order valence-electron chi connectivity index (χ2n) is 15.9. The summed E-state index contributed by atoms with van der Waals surface area (Å²) in [4.78, 5) is 33.6. The van der Waals surface area contributed by atoms with Gasteiger partial charge in [0.25, 0.3) is 0 Å². The quantitative estimate of drug-likeness (QED) is 0.0233. The fraction of sp³-hybridized carbons (Fsp3) is 0.755. The first kappa shape index (κ1) is 57.7. The molecule has 60 heavy (non-hydrogen) atoms. The first-order chi connectivity index (χ1) is 29.2. The van der Waals surface area contributed by atoms with Gasteiger partial charge in [-0.25, -0.2) is 4.57 Å². The number of carbonyl (C=O) groups excluding carboxylic acids is 1. The lowest BCUT2D eigenvalue weighted by atomic mass is 10.1. The Labute approximate surface area is 366 Å². The van der Waals surface area contributed by atoms with Gasteiger partial charge in [-0.3, -0.25) is 18.6 Å². The highest BCUT2D eigenvalue weighted by Gasteiger charge is 2.27. The number of phosphoric acid groups is 1. The Morgan fingerprint density at radius 2 is 0.933 bits per heavy atom. The Bertz CT molecular complexity index is 1190. The van der Waals surface area contributed by atoms with Crippen molar-refractivity contribution in [2.45, 2.75) is 212 Å². The van der Waals surface area contributed by atoms with E-state index in [1.807, 2.05) is 0 Å². The predicted molar refractivity (Wildman–Crippen MR) is 249 cm³/mol. The van der Waals surface area contributed by atoms with Gasteiger partial charge < -0.3 is 25.2 Å². The third kappa shape index (κ3) is 43.7. The van der Waals surface area contributed by atoms with Crippen molar-refractivity contribution < 1.29 is 42.7 Å². The summed E-state index contributed by atoms with van der Waals surface area (Å²) in [5.41, 5.74) is 5.36. The van der Waals surface area contributed by atoms with E-state index in [0.29, 0.717) is 13.0 Å². The topological polar surface area (TPSA) is 155 Å². The highest BCUT2D eigenvalue weighted by atomic mass is 31.2. The van der Waals surface area contributed by atoms with Crippen LogP contribution in [0.25, 0.3) is 0 Å². The summed E-state index contributed by atoms with van der Waals surface area (Å²) in [5, 5.41) is 8.91. The minimum atomic E-state index is -4.63. The monoisotopic (exact) mass is 866 g/mol. The summed E-state index contributed by atoms with van der Waals surface area (Å²) in [6.45, 7) is 3.80. The van der Waals surface area contributed by atoms with Gasteiger partial charge in [-0.1, -0.05) is 177 Å². The summed E-state index contributed by atoms with van der Waals surface area (Å²) < 4.78 is 33.4. The number of nitrogens with two attached hydrogens (primary N) is 1. The van der Waals surface area contributed by atoms with Crippen molar-refractivity contribution >= 4 is 19.8 Å². The summed E-state index contributed by atoms with van der Waals surface area (Å²) in [7, 11) is -4.63. The van der Waals surface area contributed by atoms with Crippen LogP contribution >= 0.6 is 7.82 Å². The SMILES string of the molecule is CCCC/C=C\C/C=C\CCCCCCCC(=O)OC(COCCCCCCCCCCC/C=C\C/C=C\C/C=C\CCCCCCC)COP(=O)(O)OCC(N)C(=O)O. The van der Waals surface area contributed by atoms with Crippen molar-refractivity contribution in [1.82, 2.24) is 0 Å². The molecule has 0 aromatic rings. The molecule has 0 aliphatic heterocycles. The minimum absolute atomic E-state index is 0.00523. The zero-order valence-electron chi connectivity index (χ0n) is 38.0. The fourth-order valence-electron chi connectivity index (χ4n) is 6.27. The number of unbranched alkanes of at least 4 members (excludes halogenated alkanes) is 21. The molecule has 0 spiro atoms. The lowest BCUT2D eigenvalue weighted by Gasteiger charge is -2.20. The van der Waals surface area contributed by atoms with Crippen LogP contribution in [0.1, 0.15) is 200 Å². The molecule has 0 rings (SSSR count). The van der Waals surface area contributed by atoms with Gasteiger partial charge >= 0.3 is 19.8 Å². The smallest absolute Gasteiger partial charge is 0.472 e. The Morgan fingerprint density at radius 3 is 1.42 bits per heavy atom. The second kappa shape index (κ2) is 44.7. The lowest BCUT2D eigenvalue weighted by Crippen LogP contribution is -2.34. The summed E-state index contributed by atoms with van der Waals surface area (Å²) >= 11 is 0. The number of carboxylic acids is 1. The molecule has 3 unspecified atom stereocenters. The molecule has 0 aromatic heterocycles. The summed E-state index contributed by atoms with van der Waals surface area (Å²) in [6, 6.07) is -1.48. The number of esters is 1. The number of hydrogen-bond acceptors (Lipinski definition) is 8. The molecule has 4 N–H and O–H groups in total. The van der Waals surface area contributed by atoms with Crippen LogP contribution in [0.15, 0.2) is 60.8 Å². The molecule has 0 aliphatic carbocycles. The molecule has 11 heteroatoms. The fourth-order valence-corrected chi connectivity index (χ4v) is 7.05. The molecule has 0 fully saturated rings. The van der Waals surface area contributed by atoms with E-state index in [1.54, 1.807) is 0 Å². The van der Waals surface area contributed by atoms with Crippen LogP contribution in [0.4, 0.5) is 0 Å². The van der Waals surface area contributed by atoms with Crippen LogP contribution in [0.2, 0.25) is 0 Å². The van der Waals surface area contributed by atoms with Gasteiger partial charge in [0.15, 0.2) is 0 Å². The number of carbonyl (C=O) groups is 2. The molecule has 0 aliphatic rings. The van der Waals surface area contributed by atoms with Gasteiger partial charge in [0.2, 0.25) is 0 Å². The highest BCUT2D eigenvalue weighted by molar-refractivity contribution is 7.47. The maximum Gasteiger partial charge on any atom is 0.472 e. The van der Waals surface area contributed by atoms with Gasteiger partial charge in [-0.15, -0.1) is 0 Å². The Balaban J connectivity index is 4.17. The van der Waals surface area contributed by atoms with Gasteiger partial charge in [-0.05, 0) is 77.0 Å². The van der Waals surface area contributed by atoms with Crippen molar-refractivity contribution in [3.05, 3.63) is 60.8 Å². The van der Waals surface area contributed by atoms with E-state index in [9.17, 15) is 19.0 Å². The molecule has 3 atom stereocenters.